The van der Waals surface area contributed by atoms with E-state index in [1.807, 2.05) is 30.3 Å². The molecule has 1 aliphatic heterocycles. The molecular formula is C15H16N4OS. The third kappa shape index (κ3) is 2.73. The van der Waals surface area contributed by atoms with Crippen molar-refractivity contribution >= 4 is 23.1 Å². The van der Waals surface area contributed by atoms with E-state index < -0.39 is 11.8 Å². The zero-order chi connectivity index (χ0) is 15.6. The maximum absolute atomic E-state index is 12.5. The van der Waals surface area contributed by atoms with Crippen LogP contribution < -0.4 is 11.1 Å². The highest BCUT2D eigenvalue weighted by Gasteiger charge is 2.41. The molecule has 5 nitrogen and oxygen atoms in total. The summed E-state index contributed by atoms with van der Waals surface area (Å²) in [6, 6.07) is 11.5. The lowest BCUT2D eigenvalue weighted by Gasteiger charge is -2.34. The van der Waals surface area contributed by atoms with Gasteiger partial charge in [-0.25, -0.2) is 0 Å². The van der Waals surface area contributed by atoms with Gasteiger partial charge in [-0.3, -0.25) is 4.79 Å². The molecule has 2 unspecified atom stereocenters. The van der Waals surface area contributed by atoms with Gasteiger partial charge in [0.2, 0.25) is 5.91 Å². The molecule has 3 N–H and O–H groups in total. The van der Waals surface area contributed by atoms with Crippen molar-refractivity contribution in [2.45, 2.75) is 5.92 Å². The van der Waals surface area contributed by atoms with Gasteiger partial charge in [-0.1, -0.05) is 42.5 Å². The summed E-state index contributed by atoms with van der Waals surface area (Å²) >= 11 is 5.30. The molecule has 1 aliphatic rings. The van der Waals surface area contributed by atoms with Crippen molar-refractivity contribution in [1.82, 2.24) is 10.2 Å². The molecule has 108 valence electrons. The largest absolute Gasteiger partial charge is 0.384 e. The van der Waals surface area contributed by atoms with Crippen molar-refractivity contribution in [3.05, 3.63) is 47.3 Å². The van der Waals surface area contributed by atoms with Crippen LogP contribution in [0, 0.1) is 17.2 Å². The minimum atomic E-state index is -0.626. The maximum atomic E-state index is 12.5. The van der Waals surface area contributed by atoms with Crippen molar-refractivity contribution in [3.8, 4) is 6.07 Å². The van der Waals surface area contributed by atoms with E-state index in [-0.39, 0.29) is 11.7 Å². The van der Waals surface area contributed by atoms with Gasteiger partial charge in [-0.05, 0) is 5.56 Å². The van der Waals surface area contributed by atoms with Crippen LogP contribution in [0.4, 0.5) is 0 Å². The van der Waals surface area contributed by atoms with Gasteiger partial charge in [0.25, 0.3) is 0 Å². The summed E-state index contributed by atoms with van der Waals surface area (Å²) in [7, 11) is 3.33. The van der Waals surface area contributed by atoms with E-state index in [1.54, 1.807) is 14.1 Å². The number of nitriles is 1. The third-order valence-corrected chi connectivity index (χ3v) is 3.82. The first-order valence-corrected chi connectivity index (χ1v) is 6.85. The highest BCUT2D eigenvalue weighted by atomic mass is 32.1. The first kappa shape index (κ1) is 15.0. The Morgan fingerprint density at radius 1 is 1.38 bits per heavy atom. The second-order valence-corrected chi connectivity index (χ2v) is 5.47. The highest BCUT2D eigenvalue weighted by molar-refractivity contribution is 7.80. The molecular weight excluding hydrogens is 284 g/mol. The summed E-state index contributed by atoms with van der Waals surface area (Å²) in [5.41, 5.74) is 7.07. The second kappa shape index (κ2) is 5.94. The number of carbonyl (C=O) groups is 1. The van der Waals surface area contributed by atoms with E-state index in [9.17, 15) is 10.1 Å². The summed E-state index contributed by atoms with van der Waals surface area (Å²) in [6.45, 7) is 0. The number of benzene rings is 1. The third-order valence-electron chi connectivity index (χ3n) is 3.46. The molecule has 1 aromatic carbocycles. The summed E-state index contributed by atoms with van der Waals surface area (Å²) < 4.78 is 0. The van der Waals surface area contributed by atoms with Crippen LogP contribution in [0.1, 0.15) is 11.5 Å². The Kier molecular flexibility index (Phi) is 4.24. The van der Waals surface area contributed by atoms with E-state index in [2.05, 4.69) is 11.4 Å². The van der Waals surface area contributed by atoms with E-state index in [0.29, 0.717) is 10.6 Å². The number of nitrogens with one attached hydrogen (secondary N) is 1. The number of amides is 1. The Morgan fingerprint density at radius 3 is 2.52 bits per heavy atom. The van der Waals surface area contributed by atoms with Crippen LogP contribution in [0.15, 0.2) is 41.7 Å². The van der Waals surface area contributed by atoms with E-state index in [4.69, 9.17) is 18.0 Å². The van der Waals surface area contributed by atoms with Gasteiger partial charge in [0.1, 0.15) is 11.7 Å². The predicted octanol–water partition coefficient (Wildman–Crippen LogP) is 1.10. The quantitative estimate of drug-likeness (QED) is 0.799. The molecule has 2 rings (SSSR count). The summed E-state index contributed by atoms with van der Waals surface area (Å²) in [6.07, 6.45) is 0. The van der Waals surface area contributed by atoms with Crippen LogP contribution in [0.2, 0.25) is 0 Å². The van der Waals surface area contributed by atoms with E-state index in [1.165, 1.54) is 4.90 Å². The van der Waals surface area contributed by atoms with Gasteiger partial charge in [-0.2, -0.15) is 5.26 Å². The fourth-order valence-corrected chi connectivity index (χ4v) is 2.79. The molecule has 21 heavy (non-hydrogen) atoms. The lowest BCUT2D eigenvalue weighted by Crippen LogP contribution is -2.48. The molecule has 2 atom stereocenters. The van der Waals surface area contributed by atoms with Gasteiger partial charge in [-0.15, -0.1) is 0 Å². The first-order chi connectivity index (χ1) is 9.97. The van der Waals surface area contributed by atoms with Crippen LogP contribution in [-0.2, 0) is 4.79 Å². The molecule has 0 aromatic heterocycles. The van der Waals surface area contributed by atoms with Crippen LogP contribution in [0.5, 0.6) is 0 Å². The fourth-order valence-electron chi connectivity index (χ4n) is 2.45. The Hall–Kier alpha value is -2.39. The molecule has 0 fully saturated rings. The lowest BCUT2D eigenvalue weighted by molar-refractivity contribution is -0.131. The second-order valence-electron chi connectivity index (χ2n) is 5.03. The normalized spacial score (nSPS) is 21.5. The molecule has 0 aliphatic carbocycles. The zero-order valence-electron chi connectivity index (χ0n) is 11.8. The summed E-state index contributed by atoms with van der Waals surface area (Å²) in [5.74, 6) is -1.01. The summed E-state index contributed by atoms with van der Waals surface area (Å²) in [4.78, 5) is 14.3. The average molecular weight is 300 g/mol. The highest BCUT2D eigenvalue weighted by Crippen LogP contribution is 2.36. The van der Waals surface area contributed by atoms with E-state index in [0.717, 1.165) is 5.56 Å². The number of nitrogens with zero attached hydrogens (tertiary/aromatic N) is 2. The number of hydrogen-bond acceptors (Lipinski definition) is 4. The van der Waals surface area contributed by atoms with Gasteiger partial charge >= 0.3 is 0 Å². The Morgan fingerprint density at radius 2 is 2.00 bits per heavy atom. The van der Waals surface area contributed by atoms with Gasteiger partial charge in [0.05, 0.1) is 16.6 Å². The molecule has 0 saturated heterocycles. The van der Waals surface area contributed by atoms with Crippen molar-refractivity contribution in [1.29, 1.82) is 5.26 Å². The number of carbonyl (C=O) groups excluding carboxylic acids is 1. The van der Waals surface area contributed by atoms with Crippen LogP contribution in [0.3, 0.4) is 0 Å². The first-order valence-electron chi connectivity index (χ1n) is 6.44. The maximum Gasteiger partial charge on any atom is 0.233 e. The topological polar surface area (TPSA) is 82.2 Å². The van der Waals surface area contributed by atoms with Crippen LogP contribution in [-0.4, -0.2) is 29.9 Å². The van der Waals surface area contributed by atoms with Gasteiger partial charge in [0, 0.05) is 20.0 Å². The fraction of sp³-hybridized carbons (Fsp3) is 0.267. The minimum Gasteiger partial charge on any atom is -0.384 e. The monoisotopic (exact) mass is 300 g/mol. The van der Waals surface area contributed by atoms with Crippen molar-refractivity contribution in [2.24, 2.45) is 11.7 Å². The standard InChI is InChI=1S/C15H16N4OS/c1-19(2)15(20)12-11(9-6-4-3-5-7-9)10(8-16)13(17)18-14(12)21/h3-7,11-12H,17H2,1-2H3,(H,18,21). The SMILES string of the molecule is CN(C)C(=O)C1C(=S)NC(N)=C(C#N)C1c1ccccc1. The Labute approximate surface area is 129 Å². The average Bonchev–Trinajstić information content (AvgIpc) is 2.46. The smallest absolute Gasteiger partial charge is 0.233 e. The summed E-state index contributed by atoms with van der Waals surface area (Å²) in [5, 5.41) is 12.2. The molecule has 0 saturated carbocycles. The van der Waals surface area contributed by atoms with E-state index >= 15 is 0 Å². The number of thiocarbonyl (C=S) groups is 1. The van der Waals surface area contributed by atoms with Gasteiger partial charge < -0.3 is 16.0 Å². The zero-order valence-corrected chi connectivity index (χ0v) is 12.6. The molecule has 1 heterocycles. The molecule has 6 heteroatoms. The lowest BCUT2D eigenvalue weighted by atomic mass is 9.78. The molecule has 1 aromatic rings. The predicted molar refractivity (Wildman–Crippen MR) is 83.9 cm³/mol. The molecule has 0 bridgehead atoms. The minimum absolute atomic E-state index is 0.151. The van der Waals surface area contributed by atoms with Crippen molar-refractivity contribution in [2.75, 3.05) is 14.1 Å². The number of allylic oxidation sites excluding steroid dienone is 1. The Balaban J connectivity index is 2.60. The van der Waals surface area contributed by atoms with Gasteiger partial charge in [0.15, 0.2) is 0 Å². The number of hydrogen-bond donors (Lipinski definition) is 2. The number of nitrogens with two attached hydrogens (primary N) is 1. The molecule has 0 spiro atoms. The van der Waals surface area contributed by atoms with Crippen LogP contribution in [0.25, 0.3) is 0 Å². The Bertz CT molecular complexity index is 645. The van der Waals surface area contributed by atoms with Crippen molar-refractivity contribution < 1.29 is 4.79 Å². The molecule has 1 amide bonds. The van der Waals surface area contributed by atoms with Crippen LogP contribution >= 0.6 is 12.2 Å². The van der Waals surface area contributed by atoms with Crippen molar-refractivity contribution in [3.63, 3.8) is 0 Å². The number of rotatable bonds is 2. The molecule has 0 radical (unpaired) electrons.